The fraction of sp³-hybridized carbons (Fsp3) is 0.500. The number of phenolic OH excluding ortho intramolecular Hbond substituents is 1. The standard InChI is InChI=1S/C12H19ClNO2P/c1-5-14(6-2)17(13,16)11-7-9(3)12(15)10(4)8-11/h7-8,15H,5-6H2,1-4H3. The number of aromatic hydroxyl groups is 1. The van der Waals surface area contributed by atoms with Crippen molar-refractivity contribution < 1.29 is 9.67 Å². The van der Waals surface area contributed by atoms with Gasteiger partial charge in [0, 0.05) is 18.4 Å². The van der Waals surface area contributed by atoms with E-state index >= 15 is 0 Å². The van der Waals surface area contributed by atoms with Crippen LogP contribution in [0.25, 0.3) is 0 Å². The van der Waals surface area contributed by atoms with E-state index in [9.17, 15) is 9.67 Å². The van der Waals surface area contributed by atoms with E-state index in [1.807, 2.05) is 13.8 Å². The number of aryl methyl sites for hydroxylation is 2. The third-order valence-corrected chi connectivity index (χ3v) is 6.30. The molecule has 1 aromatic rings. The second kappa shape index (κ2) is 5.43. The average Bonchev–Trinajstić information content (AvgIpc) is 2.26. The van der Waals surface area contributed by atoms with Gasteiger partial charge in [-0.25, -0.2) is 4.67 Å². The molecule has 5 heteroatoms. The minimum absolute atomic E-state index is 0.241. The van der Waals surface area contributed by atoms with Gasteiger partial charge >= 0.3 is 0 Å². The van der Waals surface area contributed by atoms with E-state index in [2.05, 4.69) is 0 Å². The van der Waals surface area contributed by atoms with Gasteiger partial charge in [-0.3, -0.25) is 4.57 Å². The Morgan fingerprint density at radius 1 is 1.24 bits per heavy atom. The second-order valence-electron chi connectivity index (χ2n) is 4.07. The van der Waals surface area contributed by atoms with Gasteiger partial charge in [-0.15, -0.1) is 0 Å². The lowest BCUT2D eigenvalue weighted by molar-refractivity contribution is 0.461. The van der Waals surface area contributed by atoms with Gasteiger partial charge in [-0.1, -0.05) is 13.8 Å². The molecule has 0 aliphatic carbocycles. The van der Waals surface area contributed by atoms with Crippen LogP contribution in [0, 0.1) is 13.8 Å². The third-order valence-electron chi connectivity index (χ3n) is 2.89. The Hall–Kier alpha value is -0.500. The van der Waals surface area contributed by atoms with Crippen molar-refractivity contribution in [1.29, 1.82) is 0 Å². The molecule has 0 spiro atoms. The van der Waals surface area contributed by atoms with Crippen molar-refractivity contribution >= 4 is 23.2 Å². The summed E-state index contributed by atoms with van der Waals surface area (Å²) in [5, 5.41) is 10.3. The first-order chi connectivity index (χ1) is 7.84. The number of nitrogens with zero attached hydrogens (tertiary/aromatic N) is 1. The maximum Gasteiger partial charge on any atom is 0.263 e. The zero-order chi connectivity index (χ0) is 13.2. The van der Waals surface area contributed by atoms with E-state index < -0.39 is 6.65 Å². The number of hydrogen-bond acceptors (Lipinski definition) is 2. The van der Waals surface area contributed by atoms with Gasteiger partial charge in [0.05, 0.1) is 0 Å². The second-order valence-corrected chi connectivity index (χ2v) is 7.53. The van der Waals surface area contributed by atoms with Crippen molar-refractivity contribution in [2.75, 3.05) is 13.1 Å². The number of hydrogen-bond donors (Lipinski definition) is 1. The molecule has 1 rings (SSSR count). The molecule has 0 aliphatic rings. The number of halogens is 1. The molecular weight excluding hydrogens is 257 g/mol. The van der Waals surface area contributed by atoms with E-state index in [0.717, 1.165) is 0 Å². The van der Waals surface area contributed by atoms with E-state index in [1.165, 1.54) is 0 Å². The number of rotatable bonds is 4. The molecule has 0 radical (unpaired) electrons. The summed E-state index contributed by atoms with van der Waals surface area (Å²) in [4.78, 5) is 0. The Morgan fingerprint density at radius 3 is 2.00 bits per heavy atom. The van der Waals surface area contributed by atoms with Crippen LogP contribution in [0.3, 0.4) is 0 Å². The van der Waals surface area contributed by atoms with Crippen LogP contribution in [-0.4, -0.2) is 22.9 Å². The molecule has 17 heavy (non-hydrogen) atoms. The van der Waals surface area contributed by atoms with Gasteiger partial charge in [0.25, 0.3) is 6.65 Å². The molecule has 0 saturated carbocycles. The van der Waals surface area contributed by atoms with Crippen LogP contribution in [0.15, 0.2) is 12.1 Å². The summed E-state index contributed by atoms with van der Waals surface area (Å²) in [6.07, 6.45) is 0. The zero-order valence-electron chi connectivity index (χ0n) is 10.7. The van der Waals surface area contributed by atoms with Crippen LogP contribution < -0.4 is 5.30 Å². The first-order valence-electron chi connectivity index (χ1n) is 5.70. The first-order valence-corrected chi connectivity index (χ1v) is 8.26. The quantitative estimate of drug-likeness (QED) is 0.856. The van der Waals surface area contributed by atoms with Crippen molar-refractivity contribution in [3.05, 3.63) is 23.3 Å². The Bertz CT molecular complexity index is 435. The molecular formula is C12H19ClNO2P. The Balaban J connectivity index is 3.29. The van der Waals surface area contributed by atoms with Gasteiger partial charge in [0.2, 0.25) is 0 Å². The molecule has 1 N–H and O–H groups in total. The maximum atomic E-state index is 12.6. The van der Waals surface area contributed by atoms with Crippen LogP contribution in [0.1, 0.15) is 25.0 Å². The first kappa shape index (κ1) is 14.6. The Morgan fingerprint density at radius 2 is 1.65 bits per heavy atom. The molecule has 0 amide bonds. The van der Waals surface area contributed by atoms with Gasteiger partial charge in [-0.05, 0) is 48.3 Å². The molecule has 0 bridgehead atoms. The highest BCUT2D eigenvalue weighted by Gasteiger charge is 2.28. The fourth-order valence-electron chi connectivity index (χ4n) is 1.84. The minimum atomic E-state index is -3.03. The SMILES string of the molecule is CCN(CC)P(=O)(Cl)c1cc(C)c(O)c(C)c1. The lowest BCUT2D eigenvalue weighted by Gasteiger charge is -2.25. The summed E-state index contributed by atoms with van der Waals surface area (Å²) in [7, 11) is 0. The van der Waals surface area contributed by atoms with Crippen molar-refractivity contribution in [3.63, 3.8) is 0 Å². The van der Waals surface area contributed by atoms with E-state index in [-0.39, 0.29) is 5.75 Å². The molecule has 3 nitrogen and oxygen atoms in total. The number of phenols is 1. The van der Waals surface area contributed by atoms with Crippen molar-refractivity contribution in [2.45, 2.75) is 27.7 Å². The van der Waals surface area contributed by atoms with Crippen molar-refractivity contribution in [3.8, 4) is 5.75 Å². The average molecular weight is 276 g/mol. The lowest BCUT2D eigenvalue weighted by atomic mass is 10.1. The lowest BCUT2D eigenvalue weighted by Crippen LogP contribution is -2.23. The van der Waals surface area contributed by atoms with Gasteiger partial charge in [-0.2, -0.15) is 0 Å². The monoisotopic (exact) mass is 275 g/mol. The van der Waals surface area contributed by atoms with Crippen molar-refractivity contribution in [1.82, 2.24) is 4.67 Å². The summed E-state index contributed by atoms with van der Waals surface area (Å²) in [5.41, 5.74) is 1.40. The Kier molecular flexibility index (Phi) is 4.65. The summed E-state index contributed by atoms with van der Waals surface area (Å²) in [5.74, 6) is 0.241. The molecule has 1 aromatic carbocycles. The zero-order valence-corrected chi connectivity index (χ0v) is 12.3. The van der Waals surface area contributed by atoms with Crippen LogP contribution in [0.5, 0.6) is 5.75 Å². The highest BCUT2D eigenvalue weighted by Crippen LogP contribution is 2.53. The van der Waals surface area contributed by atoms with Gasteiger partial charge in [0.15, 0.2) is 0 Å². The molecule has 1 atom stereocenters. The van der Waals surface area contributed by atoms with Crippen LogP contribution in [0.4, 0.5) is 0 Å². The van der Waals surface area contributed by atoms with Crippen molar-refractivity contribution in [2.24, 2.45) is 0 Å². The maximum absolute atomic E-state index is 12.6. The molecule has 96 valence electrons. The normalized spacial score (nSPS) is 14.9. The molecule has 0 aliphatic heterocycles. The summed E-state index contributed by atoms with van der Waals surface area (Å²) in [6, 6.07) is 3.41. The third kappa shape index (κ3) is 2.85. The van der Waals surface area contributed by atoms with E-state index in [4.69, 9.17) is 11.2 Å². The van der Waals surface area contributed by atoms with Crippen LogP contribution >= 0.6 is 17.9 Å². The number of benzene rings is 1. The molecule has 0 fully saturated rings. The predicted molar refractivity (Wildman–Crippen MR) is 73.6 cm³/mol. The van der Waals surface area contributed by atoms with Gasteiger partial charge < -0.3 is 5.11 Å². The largest absolute Gasteiger partial charge is 0.507 e. The molecule has 0 saturated heterocycles. The summed E-state index contributed by atoms with van der Waals surface area (Å²) < 4.78 is 14.4. The smallest absolute Gasteiger partial charge is 0.263 e. The highest BCUT2D eigenvalue weighted by molar-refractivity contribution is 7.93. The minimum Gasteiger partial charge on any atom is -0.507 e. The van der Waals surface area contributed by atoms with Gasteiger partial charge in [0.1, 0.15) is 5.75 Å². The van der Waals surface area contributed by atoms with E-state index in [1.54, 1.807) is 30.7 Å². The molecule has 1 unspecified atom stereocenters. The summed E-state index contributed by atoms with van der Waals surface area (Å²) in [6.45, 7) is 5.66. The fourth-order valence-corrected chi connectivity index (χ4v) is 4.54. The van der Waals surface area contributed by atoms with E-state index in [0.29, 0.717) is 29.5 Å². The van der Waals surface area contributed by atoms with Crippen LogP contribution in [0.2, 0.25) is 0 Å². The topological polar surface area (TPSA) is 40.5 Å². The summed E-state index contributed by atoms with van der Waals surface area (Å²) >= 11 is 6.22. The predicted octanol–water partition coefficient (Wildman–Crippen LogP) is 3.41. The Labute approximate surface area is 108 Å². The van der Waals surface area contributed by atoms with Crippen LogP contribution in [-0.2, 0) is 4.57 Å². The highest BCUT2D eigenvalue weighted by atomic mass is 35.7. The molecule has 0 aromatic heterocycles. The molecule has 0 heterocycles.